The molecule has 112 valence electrons. The number of halogens is 1. The molecule has 1 aromatic rings. The molecule has 0 bridgehead atoms. The summed E-state index contributed by atoms with van der Waals surface area (Å²) in [7, 11) is 0. The molecule has 0 fully saturated rings. The monoisotopic (exact) mass is 291 g/mol. The number of carboxylic acid groups (broad SMARTS) is 1. The number of anilines is 1. The number of carboxylic acids is 1. The molecule has 0 saturated carbocycles. The van der Waals surface area contributed by atoms with Gasteiger partial charge in [0.2, 0.25) is 5.91 Å². The molecule has 1 aromatic carbocycles. The quantitative estimate of drug-likeness (QED) is 0.840. The van der Waals surface area contributed by atoms with Crippen molar-refractivity contribution in [2.45, 2.75) is 26.7 Å². The maximum atomic E-state index is 13.1. The van der Waals surface area contributed by atoms with E-state index < -0.39 is 23.6 Å². The molecule has 0 saturated heterocycles. The average Bonchev–Trinajstić information content (AvgIpc) is 2.41. The predicted octanol–water partition coefficient (Wildman–Crippen LogP) is 3.21. The van der Waals surface area contributed by atoms with Gasteiger partial charge in [-0.15, -0.1) is 0 Å². The highest BCUT2D eigenvalue weighted by Crippen LogP contribution is 2.35. The number of benzene rings is 1. The Hall–Kier alpha value is -2.17. The first-order valence-electron chi connectivity index (χ1n) is 6.83. The molecule has 0 radical (unpaired) electrons. The summed E-state index contributed by atoms with van der Waals surface area (Å²) in [6.07, 6.45) is 0.798. The zero-order valence-corrected chi connectivity index (χ0v) is 12.0. The predicted molar refractivity (Wildman–Crippen MR) is 77.3 cm³/mol. The largest absolute Gasteiger partial charge is 0.481 e. The lowest BCUT2D eigenvalue weighted by Gasteiger charge is -2.29. The number of rotatable bonds is 3. The van der Waals surface area contributed by atoms with Crippen molar-refractivity contribution in [3.63, 3.8) is 0 Å². The maximum absolute atomic E-state index is 13.1. The lowest BCUT2D eigenvalue weighted by atomic mass is 9.76. The van der Waals surface area contributed by atoms with Gasteiger partial charge in [0.1, 0.15) is 5.82 Å². The molecular weight excluding hydrogens is 273 g/mol. The molecule has 0 aliphatic heterocycles. The molecule has 1 aliphatic carbocycles. The highest BCUT2D eigenvalue weighted by Gasteiger charge is 2.37. The molecule has 1 aliphatic rings. The maximum Gasteiger partial charge on any atom is 0.307 e. The Kier molecular flexibility index (Phi) is 4.40. The summed E-state index contributed by atoms with van der Waals surface area (Å²) in [5.74, 6) is -3.16. The minimum atomic E-state index is -0.971. The van der Waals surface area contributed by atoms with Gasteiger partial charge < -0.3 is 10.4 Å². The van der Waals surface area contributed by atoms with E-state index in [9.17, 15) is 19.1 Å². The summed E-state index contributed by atoms with van der Waals surface area (Å²) in [5, 5.41) is 11.9. The highest BCUT2D eigenvalue weighted by molar-refractivity contribution is 5.95. The third-order valence-electron chi connectivity index (χ3n) is 4.01. The molecule has 1 amide bonds. The van der Waals surface area contributed by atoms with Gasteiger partial charge in [-0.25, -0.2) is 4.39 Å². The number of aliphatic carboxylic acids is 1. The minimum Gasteiger partial charge on any atom is -0.481 e. The number of hydrogen-bond donors (Lipinski definition) is 2. The first-order chi connectivity index (χ1) is 9.88. The van der Waals surface area contributed by atoms with Crippen LogP contribution in [0.4, 0.5) is 10.1 Å². The summed E-state index contributed by atoms with van der Waals surface area (Å²) in [6.45, 7) is 3.81. The lowest BCUT2D eigenvalue weighted by Crippen LogP contribution is -2.36. The Morgan fingerprint density at radius 3 is 2.38 bits per heavy atom. The van der Waals surface area contributed by atoms with Gasteiger partial charge in [-0.1, -0.05) is 17.2 Å². The first-order valence-corrected chi connectivity index (χ1v) is 6.83. The zero-order valence-electron chi connectivity index (χ0n) is 12.0. The van der Waals surface area contributed by atoms with Gasteiger partial charge >= 0.3 is 5.97 Å². The third-order valence-corrected chi connectivity index (χ3v) is 4.01. The number of hydrogen-bond acceptors (Lipinski definition) is 2. The number of carbonyl (C=O) groups is 2. The first kappa shape index (κ1) is 15.2. The minimum absolute atomic E-state index is 0.341. The van der Waals surface area contributed by atoms with E-state index >= 15 is 0 Å². The van der Waals surface area contributed by atoms with E-state index in [0.717, 1.165) is 11.1 Å². The second kappa shape index (κ2) is 6.08. The van der Waals surface area contributed by atoms with Crippen molar-refractivity contribution < 1.29 is 19.1 Å². The summed E-state index contributed by atoms with van der Waals surface area (Å²) in [4.78, 5) is 23.7. The van der Waals surface area contributed by atoms with Crippen LogP contribution < -0.4 is 5.32 Å². The second-order valence-electron chi connectivity index (χ2n) is 5.52. The molecule has 0 spiro atoms. The number of allylic oxidation sites excluding steroid dienone is 2. The Labute approximate surface area is 122 Å². The van der Waals surface area contributed by atoms with Crippen molar-refractivity contribution in [3.8, 4) is 0 Å². The molecule has 2 atom stereocenters. The van der Waals surface area contributed by atoms with E-state index in [2.05, 4.69) is 5.32 Å². The van der Waals surface area contributed by atoms with Crippen molar-refractivity contribution in [2.75, 3.05) is 5.32 Å². The number of nitrogens with one attached hydrogen (secondary N) is 1. The Balaban J connectivity index is 2.18. The van der Waals surface area contributed by atoms with Gasteiger partial charge in [-0.05, 0) is 44.9 Å². The molecular formula is C16H18FNO3. The van der Waals surface area contributed by atoms with Gasteiger partial charge in [0.15, 0.2) is 0 Å². The topological polar surface area (TPSA) is 66.4 Å². The number of amides is 1. The van der Waals surface area contributed by atoms with E-state index in [1.54, 1.807) is 6.07 Å². The highest BCUT2D eigenvalue weighted by atomic mass is 19.1. The fourth-order valence-electron chi connectivity index (χ4n) is 2.63. The third kappa shape index (κ3) is 3.48. The summed E-state index contributed by atoms with van der Waals surface area (Å²) in [6, 6.07) is 5.57. The van der Waals surface area contributed by atoms with E-state index in [-0.39, 0.29) is 5.91 Å². The van der Waals surface area contributed by atoms with Crippen LogP contribution >= 0.6 is 0 Å². The van der Waals surface area contributed by atoms with Crippen molar-refractivity contribution in [1.29, 1.82) is 0 Å². The zero-order chi connectivity index (χ0) is 15.6. The van der Waals surface area contributed by atoms with Crippen LogP contribution in [-0.2, 0) is 9.59 Å². The molecule has 21 heavy (non-hydrogen) atoms. The lowest BCUT2D eigenvalue weighted by molar-refractivity contribution is -0.146. The van der Waals surface area contributed by atoms with Gasteiger partial charge in [0.25, 0.3) is 0 Å². The van der Waals surface area contributed by atoms with Crippen LogP contribution in [0.15, 0.2) is 35.4 Å². The van der Waals surface area contributed by atoms with Crippen LogP contribution in [0.5, 0.6) is 0 Å². The SMILES string of the molecule is CC1=C(C)CC(C(=O)Nc2cccc(F)c2)C(C(=O)O)C1. The Morgan fingerprint density at radius 1 is 1.19 bits per heavy atom. The van der Waals surface area contributed by atoms with Crippen LogP contribution in [0.3, 0.4) is 0 Å². The summed E-state index contributed by atoms with van der Waals surface area (Å²) < 4.78 is 13.1. The van der Waals surface area contributed by atoms with Crippen molar-refractivity contribution >= 4 is 17.6 Å². The standard InChI is InChI=1S/C16H18FNO3/c1-9-6-13(14(16(20)21)7-10(9)2)15(19)18-12-5-3-4-11(17)8-12/h3-5,8,13-14H,6-7H2,1-2H3,(H,18,19)(H,20,21). The van der Waals surface area contributed by atoms with Crippen LogP contribution in [-0.4, -0.2) is 17.0 Å². The fourth-order valence-corrected chi connectivity index (χ4v) is 2.63. The number of carbonyl (C=O) groups excluding carboxylic acids is 1. The molecule has 2 N–H and O–H groups in total. The summed E-state index contributed by atoms with van der Waals surface area (Å²) in [5.41, 5.74) is 2.41. The molecule has 0 heterocycles. The molecule has 2 rings (SSSR count). The van der Waals surface area contributed by atoms with Gasteiger partial charge in [0, 0.05) is 5.69 Å². The average molecular weight is 291 g/mol. The van der Waals surface area contributed by atoms with Crippen LogP contribution in [0.25, 0.3) is 0 Å². The van der Waals surface area contributed by atoms with Gasteiger partial charge in [-0.3, -0.25) is 9.59 Å². The van der Waals surface area contributed by atoms with Crippen LogP contribution in [0, 0.1) is 17.7 Å². The van der Waals surface area contributed by atoms with Crippen LogP contribution in [0.2, 0.25) is 0 Å². The van der Waals surface area contributed by atoms with E-state index in [1.807, 2.05) is 13.8 Å². The van der Waals surface area contributed by atoms with E-state index in [4.69, 9.17) is 0 Å². The summed E-state index contributed by atoms with van der Waals surface area (Å²) >= 11 is 0. The van der Waals surface area contributed by atoms with Crippen LogP contribution in [0.1, 0.15) is 26.7 Å². The molecule has 4 nitrogen and oxygen atoms in total. The Bertz CT molecular complexity index is 609. The second-order valence-corrected chi connectivity index (χ2v) is 5.52. The Morgan fingerprint density at radius 2 is 1.81 bits per heavy atom. The van der Waals surface area contributed by atoms with Crippen molar-refractivity contribution in [1.82, 2.24) is 0 Å². The molecule has 2 unspecified atom stereocenters. The van der Waals surface area contributed by atoms with Crippen molar-refractivity contribution in [3.05, 3.63) is 41.2 Å². The smallest absolute Gasteiger partial charge is 0.307 e. The van der Waals surface area contributed by atoms with Gasteiger partial charge in [0.05, 0.1) is 11.8 Å². The molecule has 5 heteroatoms. The fraction of sp³-hybridized carbons (Fsp3) is 0.375. The normalized spacial score (nSPS) is 22.0. The molecule has 0 aromatic heterocycles. The van der Waals surface area contributed by atoms with E-state index in [0.29, 0.717) is 18.5 Å². The van der Waals surface area contributed by atoms with E-state index in [1.165, 1.54) is 18.2 Å². The van der Waals surface area contributed by atoms with Crippen molar-refractivity contribution in [2.24, 2.45) is 11.8 Å². The van der Waals surface area contributed by atoms with Gasteiger partial charge in [-0.2, -0.15) is 0 Å².